The molecule has 0 radical (unpaired) electrons. The van der Waals surface area contributed by atoms with Crippen molar-refractivity contribution in [2.75, 3.05) is 19.0 Å². The summed E-state index contributed by atoms with van der Waals surface area (Å²) in [6.07, 6.45) is 1.80. The molecule has 82 valence electrons. The normalized spacial score (nSPS) is 27.8. The highest BCUT2D eigenvalue weighted by atomic mass is 35.5. The second-order valence-electron chi connectivity index (χ2n) is 3.80. The molecule has 0 spiro atoms. The van der Waals surface area contributed by atoms with Gasteiger partial charge in [0.05, 0.1) is 6.10 Å². The molecule has 1 N–H and O–H groups in total. The lowest BCUT2D eigenvalue weighted by Crippen LogP contribution is -2.45. The van der Waals surface area contributed by atoms with Crippen molar-refractivity contribution in [2.24, 2.45) is 5.92 Å². The third kappa shape index (κ3) is 2.85. The van der Waals surface area contributed by atoms with E-state index < -0.39 is 0 Å². The Morgan fingerprint density at radius 3 is 2.93 bits per heavy atom. The van der Waals surface area contributed by atoms with Crippen molar-refractivity contribution in [3.63, 3.8) is 0 Å². The molecular formula is C10H18ClNO2. The van der Waals surface area contributed by atoms with Crippen molar-refractivity contribution in [3.05, 3.63) is 0 Å². The molecule has 0 bridgehead atoms. The second-order valence-corrected chi connectivity index (χ2v) is 4.18. The van der Waals surface area contributed by atoms with Gasteiger partial charge >= 0.3 is 0 Å². The maximum Gasteiger partial charge on any atom is 0.223 e. The molecule has 1 amide bonds. The molecule has 3 nitrogen and oxygen atoms in total. The Balaban J connectivity index is 2.45. The van der Waals surface area contributed by atoms with Crippen molar-refractivity contribution in [1.82, 2.24) is 4.90 Å². The van der Waals surface area contributed by atoms with E-state index >= 15 is 0 Å². The topological polar surface area (TPSA) is 40.5 Å². The lowest BCUT2D eigenvalue weighted by molar-refractivity contribution is -0.134. The summed E-state index contributed by atoms with van der Waals surface area (Å²) in [4.78, 5) is 13.3. The zero-order valence-corrected chi connectivity index (χ0v) is 9.33. The van der Waals surface area contributed by atoms with Crippen LogP contribution in [0, 0.1) is 5.92 Å². The highest BCUT2D eigenvalue weighted by Crippen LogP contribution is 2.20. The first kappa shape index (κ1) is 11.8. The first-order chi connectivity index (χ1) is 6.69. The molecule has 0 aromatic heterocycles. The van der Waals surface area contributed by atoms with Crippen molar-refractivity contribution in [2.45, 2.75) is 32.3 Å². The first-order valence-electron chi connectivity index (χ1n) is 5.20. The molecule has 2 atom stereocenters. The van der Waals surface area contributed by atoms with Gasteiger partial charge in [0.1, 0.15) is 0 Å². The number of aliphatic hydroxyl groups excluding tert-OH is 1. The smallest absolute Gasteiger partial charge is 0.223 e. The fourth-order valence-electron chi connectivity index (χ4n) is 1.89. The summed E-state index contributed by atoms with van der Waals surface area (Å²) in [7, 11) is 0. The highest BCUT2D eigenvalue weighted by Gasteiger charge is 2.28. The van der Waals surface area contributed by atoms with E-state index in [1.54, 1.807) is 0 Å². The second kappa shape index (κ2) is 5.56. The van der Waals surface area contributed by atoms with Gasteiger partial charge in [0.15, 0.2) is 0 Å². The molecule has 1 aliphatic heterocycles. The number of halogens is 1. The Morgan fingerprint density at radius 2 is 2.36 bits per heavy atom. The Bertz CT molecular complexity index is 199. The van der Waals surface area contributed by atoms with Crippen LogP contribution in [0.25, 0.3) is 0 Å². The maximum atomic E-state index is 11.5. The molecule has 0 unspecified atom stereocenters. The first-order valence-corrected chi connectivity index (χ1v) is 5.74. The van der Waals surface area contributed by atoms with Crippen LogP contribution in [0.15, 0.2) is 0 Å². The molecule has 14 heavy (non-hydrogen) atoms. The molecule has 1 heterocycles. The predicted molar refractivity (Wildman–Crippen MR) is 56.3 cm³/mol. The molecule has 0 aliphatic carbocycles. The summed E-state index contributed by atoms with van der Waals surface area (Å²) in [5.74, 6) is 0.739. The van der Waals surface area contributed by atoms with Crippen LogP contribution < -0.4 is 0 Å². The van der Waals surface area contributed by atoms with Crippen molar-refractivity contribution in [3.8, 4) is 0 Å². The summed E-state index contributed by atoms with van der Waals surface area (Å²) in [6, 6.07) is 0. The number of piperidine rings is 1. The lowest BCUT2D eigenvalue weighted by Gasteiger charge is -2.35. The highest BCUT2D eigenvalue weighted by molar-refractivity contribution is 6.18. The molecule has 1 saturated heterocycles. The third-order valence-electron chi connectivity index (χ3n) is 2.88. The average molecular weight is 220 g/mol. The summed E-state index contributed by atoms with van der Waals surface area (Å²) >= 11 is 5.52. The number of carbonyl (C=O) groups is 1. The van der Waals surface area contributed by atoms with Gasteiger partial charge in [-0.15, -0.1) is 11.6 Å². The Labute approximate surface area is 90.0 Å². The Kier molecular flexibility index (Phi) is 4.69. The van der Waals surface area contributed by atoms with Gasteiger partial charge in [0.2, 0.25) is 5.91 Å². The third-order valence-corrected chi connectivity index (χ3v) is 3.07. The number of nitrogens with zero attached hydrogens (tertiary/aromatic N) is 1. The van der Waals surface area contributed by atoms with Gasteiger partial charge in [-0.3, -0.25) is 4.79 Å². The van der Waals surface area contributed by atoms with Crippen LogP contribution >= 0.6 is 11.6 Å². The SMILES string of the molecule is CC[C@@H]1CN(C(=O)CCCl)CC[C@@H]1O. The van der Waals surface area contributed by atoms with E-state index in [0.29, 0.717) is 31.8 Å². The molecule has 0 aromatic carbocycles. The molecule has 4 heteroatoms. The van der Waals surface area contributed by atoms with Crippen molar-refractivity contribution in [1.29, 1.82) is 0 Å². The van der Waals surface area contributed by atoms with Gasteiger partial charge in [-0.25, -0.2) is 0 Å². The fraction of sp³-hybridized carbons (Fsp3) is 0.900. The zero-order valence-electron chi connectivity index (χ0n) is 8.58. The minimum Gasteiger partial charge on any atom is -0.393 e. The lowest BCUT2D eigenvalue weighted by atomic mass is 9.92. The minimum atomic E-state index is -0.236. The van der Waals surface area contributed by atoms with E-state index in [4.69, 9.17) is 11.6 Å². The van der Waals surface area contributed by atoms with Crippen LogP contribution in [0.4, 0.5) is 0 Å². The number of hydrogen-bond acceptors (Lipinski definition) is 2. The monoisotopic (exact) mass is 219 g/mol. The van der Waals surface area contributed by atoms with Gasteiger partial charge in [-0.1, -0.05) is 6.92 Å². The largest absolute Gasteiger partial charge is 0.393 e. The van der Waals surface area contributed by atoms with Gasteiger partial charge in [0.25, 0.3) is 0 Å². The van der Waals surface area contributed by atoms with Crippen LogP contribution in [0.2, 0.25) is 0 Å². The van der Waals surface area contributed by atoms with Gasteiger partial charge in [-0.2, -0.15) is 0 Å². The van der Waals surface area contributed by atoms with Crippen LogP contribution in [0.3, 0.4) is 0 Å². The molecule has 1 rings (SSSR count). The van der Waals surface area contributed by atoms with E-state index in [2.05, 4.69) is 0 Å². The summed E-state index contributed by atoms with van der Waals surface area (Å²) in [5.41, 5.74) is 0. The number of hydrogen-bond donors (Lipinski definition) is 1. The number of carbonyl (C=O) groups excluding carboxylic acids is 1. The number of likely N-dealkylation sites (tertiary alicyclic amines) is 1. The maximum absolute atomic E-state index is 11.5. The van der Waals surface area contributed by atoms with Gasteiger partial charge in [0, 0.05) is 31.3 Å². The van der Waals surface area contributed by atoms with Gasteiger partial charge in [-0.05, 0) is 12.8 Å². The summed E-state index contributed by atoms with van der Waals surface area (Å²) < 4.78 is 0. The van der Waals surface area contributed by atoms with E-state index in [1.165, 1.54) is 0 Å². The molecule has 0 saturated carbocycles. The molecule has 1 fully saturated rings. The van der Waals surface area contributed by atoms with Crippen LogP contribution in [0.1, 0.15) is 26.2 Å². The number of aliphatic hydroxyl groups is 1. The Morgan fingerprint density at radius 1 is 1.64 bits per heavy atom. The van der Waals surface area contributed by atoms with Crippen LogP contribution in [-0.4, -0.2) is 41.0 Å². The number of alkyl halides is 1. The van der Waals surface area contributed by atoms with Gasteiger partial charge < -0.3 is 10.0 Å². The standard InChI is InChI=1S/C10H18ClNO2/c1-2-8-7-12(6-4-9(8)13)10(14)3-5-11/h8-9,13H,2-7H2,1H3/t8-,9+/m1/s1. The van der Waals surface area contributed by atoms with E-state index in [9.17, 15) is 9.90 Å². The van der Waals surface area contributed by atoms with E-state index in [1.807, 2.05) is 11.8 Å². The minimum absolute atomic E-state index is 0.116. The van der Waals surface area contributed by atoms with Crippen LogP contribution in [-0.2, 0) is 4.79 Å². The summed E-state index contributed by atoms with van der Waals surface area (Å²) in [5, 5.41) is 9.63. The molecule has 0 aromatic rings. The average Bonchev–Trinajstić information content (AvgIpc) is 2.19. The fourth-order valence-corrected chi connectivity index (χ4v) is 2.05. The quantitative estimate of drug-likeness (QED) is 0.726. The van der Waals surface area contributed by atoms with E-state index in [0.717, 1.165) is 6.42 Å². The van der Waals surface area contributed by atoms with Crippen molar-refractivity contribution >= 4 is 17.5 Å². The number of rotatable bonds is 3. The number of amides is 1. The predicted octanol–water partition coefficient (Wildman–Crippen LogP) is 1.23. The van der Waals surface area contributed by atoms with Crippen LogP contribution in [0.5, 0.6) is 0 Å². The molecule has 1 aliphatic rings. The van der Waals surface area contributed by atoms with Crippen molar-refractivity contribution < 1.29 is 9.90 Å². The molecular weight excluding hydrogens is 202 g/mol. The Hall–Kier alpha value is -0.280. The summed E-state index contributed by atoms with van der Waals surface area (Å²) in [6.45, 7) is 3.41. The van der Waals surface area contributed by atoms with E-state index in [-0.39, 0.29) is 17.9 Å². The zero-order chi connectivity index (χ0) is 10.6.